The lowest BCUT2D eigenvalue weighted by molar-refractivity contribution is -0.152. The summed E-state index contributed by atoms with van der Waals surface area (Å²) in [5.74, 6) is -0.351. The quantitative estimate of drug-likeness (QED) is 0.565. The van der Waals surface area contributed by atoms with Gasteiger partial charge in [-0.25, -0.2) is 12.8 Å². The number of hydrogen-bond acceptors (Lipinski definition) is 5. The van der Waals surface area contributed by atoms with Gasteiger partial charge in [-0.15, -0.1) is 0 Å². The summed E-state index contributed by atoms with van der Waals surface area (Å²) < 4.78 is 48.0. The van der Waals surface area contributed by atoms with Crippen molar-refractivity contribution in [1.29, 1.82) is 0 Å². The second-order valence-corrected chi connectivity index (χ2v) is 12.7. The molecular formula is C25H35FN2O5S. The van der Waals surface area contributed by atoms with Crippen molar-refractivity contribution in [3.63, 3.8) is 0 Å². The van der Waals surface area contributed by atoms with Crippen LogP contribution >= 0.6 is 0 Å². The molecule has 0 saturated heterocycles. The standard InChI is InChI=1S/C25H35FN2O5S/c1-5-28(34(31,32)22-19(26)7-6-8-20(22)33-4)24(2,3)21(29)11-18-16-9-15-10-17(18)14-25(12-15,13-16)23(27)30/h6-8,15-18H,5,9-14H2,1-4H3,(H2,27,30). The molecular weight excluding hydrogens is 459 g/mol. The predicted octanol–water partition coefficient (Wildman–Crippen LogP) is 3.51. The van der Waals surface area contributed by atoms with E-state index in [-0.39, 0.29) is 48.2 Å². The van der Waals surface area contributed by atoms with Crippen LogP contribution in [0, 0.1) is 34.9 Å². The summed E-state index contributed by atoms with van der Waals surface area (Å²) in [5, 5.41) is 0. The number of hydrogen-bond donors (Lipinski definition) is 1. The van der Waals surface area contributed by atoms with Crippen molar-refractivity contribution in [3.05, 3.63) is 24.0 Å². The van der Waals surface area contributed by atoms with Gasteiger partial charge in [0.05, 0.1) is 12.6 Å². The molecule has 9 heteroatoms. The Morgan fingerprint density at radius 1 is 1.21 bits per heavy atom. The van der Waals surface area contributed by atoms with E-state index in [0.717, 1.165) is 42.5 Å². The molecule has 0 radical (unpaired) electrons. The molecule has 1 amide bonds. The van der Waals surface area contributed by atoms with E-state index in [2.05, 4.69) is 0 Å². The number of amides is 1. The number of likely N-dealkylation sites (N-methyl/N-ethyl adjacent to an activating group) is 1. The van der Waals surface area contributed by atoms with Crippen LogP contribution < -0.4 is 10.5 Å². The van der Waals surface area contributed by atoms with Crippen LogP contribution in [0.2, 0.25) is 0 Å². The first-order chi connectivity index (χ1) is 15.9. The number of benzene rings is 1. The van der Waals surface area contributed by atoms with E-state index in [9.17, 15) is 22.4 Å². The maximum absolute atomic E-state index is 14.7. The van der Waals surface area contributed by atoms with E-state index in [0.29, 0.717) is 5.92 Å². The fourth-order valence-corrected chi connectivity index (χ4v) is 9.23. The molecule has 2 atom stereocenters. The molecule has 4 aliphatic carbocycles. The number of sulfonamides is 1. The highest BCUT2D eigenvalue weighted by molar-refractivity contribution is 7.89. The molecule has 5 rings (SSSR count). The number of nitrogens with two attached hydrogens (primary N) is 1. The van der Waals surface area contributed by atoms with Crippen molar-refractivity contribution < 1.29 is 27.1 Å². The van der Waals surface area contributed by atoms with Gasteiger partial charge in [-0.2, -0.15) is 4.31 Å². The van der Waals surface area contributed by atoms with E-state index in [1.807, 2.05) is 0 Å². The summed E-state index contributed by atoms with van der Waals surface area (Å²) in [5.41, 5.74) is 3.97. The zero-order valence-corrected chi connectivity index (χ0v) is 21.2. The van der Waals surface area contributed by atoms with Crippen molar-refractivity contribution in [2.45, 2.75) is 69.7 Å². The van der Waals surface area contributed by atoms with Gasteiger partial charge in [0.2, 0.25) is 5.91 Å². The Balaban J connectivity index is 1.59. The number of rotatable bonds is 9. The minimum Gasteiger partial charge on any atom is -0.495 e. The van der Waals surface area contributed by atoms with Gasteiger partial charge in [0.25, 0.3) is 10.0 Å². The van der Waals surface area contributed by atoms with Gasteiger partial charge >= 0.3 is 0 Å². The first kappa shape index (κ1) is 25.1. The number of methoxy groups -OCH3 is 1. The van der Waals surface area contributed by atoms with Gasteiger partial charge in [0.15, 0.2) is 10.7 Å². The van der Waals surface area contributed by atoms with Crippen LogP contribution in [-0.4, -0.2) is 43.6 Å². The first-order valence-corrected chi connectivity index (χ1v) is 13.5. The molecule has 34 heavy (non-hydrogen) atoms. The maximum atomic E-state index is 14.7. The monoisotopic (exact) mass is 494 g/mol. The van der Waals surface area contributed by atoms with Gasteiger partial charge in [-0.1, -0.05) is 13.0 Å². The minimum absolute atomic E-state index is 0.00292. The summed E-state index contributed by atoms with van der Waals surface area (Å²) >= 11 is 0. The molecule has 4 aliphatic rings. The third-order valence-electron chi connectivity index (χ3n) is 8.70. The Bertz CT molecular complexity index is 1090. The molecule has 2 unspecified atom stereocenters. The van der Waals surface area contributed by atoms with Crippen LogP contribution in [0.25, 0.3) is 0 Å². The topological polar surface area (TPSA) is 107 Å². The Morgan fingerprint density at radius 2 is 1.82 bits per heavy atom. The van der Waals surface area contributed by atoms with Crippen LogP contribution in [-0.2, 0) is 19.6 Å². The van der Waals surface area contributed by atoms with Gasteiger partial charge < -0.3 is 10.5 Å². The van der Waals surface area contributed by atoms with Crippen molar-refractivity contribution in [2.75, 3.05) is 13.7 Å². The molecule has 0 heterocycles. The molecule has 0 spiro atoms. The minimum atomic E-state index is -4.36. The Labute approximate surface area is 201 Å². The molecule has 4 bridgehead atoms. The highest BCUT2D eigenvalue weighted by Gasteiger charge is 2.58. The normalized spacial score (nSPS) is 30.5. The second-order valence-electron chi connectivity index (χ2n) is 10.9. The molecule has 1 aromatic carbocycles. The molecule has 4 fully saturated rings. The van der Waals surface area contributed by atoms with Crippen LogP contribution in [0.1, 0.15) is 59.3 Å². The molecule has 0 aliphatic heterocycles. The number of primary amides is 1. The lowest BCUT2D eigenvalue weighted by Crippen LogP contribution is -2.58. The van der Waals surface area contributed by atoms with E-state index >= 15 is 0 Å². The number of carbonyl (C=O) groups is 2. The first-order valence-electron chi connectivity index (χ1n) is 12.1. The van der Waals surface area contributed by atoms with Crippen molar-refractivity contribution in [3.8, 4) is 5.75 Å². The molecule has 0 aromatic heterocycles. The SMILES string of the molecule is CCN(C(C)(C)C(=O)CC1C2CC3CC1CC(C(N)=O)(C3)C2)S(=O)(=O)c1c(F)cccc1OC. The zero-order chi connectivity index (χ0) is 25.1. The number of carbonyl (C=O) groups excluding carboxylic acids is 2. The van der Waals surface area contributed by atoms with E-state index in [1.54, 1.807) is 20.8 Å². The average Bonchev–Trinajstić information content (AvgIpc) is 2.75. The van der Waals surface area contributed by atoms with Crippen molar-refractivity contribution in [2.24, 2.45) is 34.8 Å². The summed E-state index contributed by atoms with van der Waals surface area (Å²) in [7, 11) is -3.07. The smallest absolute Gasteiger partial charge is 0.250 e. The van der Waals surface area contributed by atoms with E-state index in [4.69, 9.17) is 10.5 Å². The average molecular weight is 495 g/mol. The number of Topliss-reactive ketones (excluding diaryl/α,β-unsaturated/α-hetero) is 1. The molecule has 2 N–H and O–H groups in total. The lowest BCUT2D eigenvalue weighted by atomic mass is 9.45. The third-order valence-corrected chi connectivity index (χ3v) is 10.9. The Kier molecular flexibility index (Phi) is 6.34. The van der Waals surface area contributed by atoms with Gasteiger partial charge in [0, 0.05) is 18.4 Å². The summed E-state index contributed by atoms with van der Waals surface area (Å²) in [6.07, 6.45) is 4.52. The van der Waals surface area contributed by atoms with Crippen LogP contribution in [0.15, 0.2) is 23.1 Å². The fraction of sp³-hybridized carbons (Fsp3) is 0.680. The summed E-state index contributed by atoms with van der Waals surface area (Å²) in [6.45, 7) is 4.82. The second kappa shape index (κ2) is 8.59. The van der Waals surface area contributed by atoms with E-state index in [1.165, 1.54) is 19.2 Å². The van der Waals surface area contributed by atoms with E-state index < -0.39 is 31.7 Å². The number of nitrogens with zero attached hydrogens (tertiary/aromatic N) is 1. The van der Waals surface area contributed by atoms with Crippen molar-refractivity contribution in [1.82, 2.24) is 4.31 Å². The molecule has 4 saturated carbocycles. The van der Waals surface area contributed by atoms with Gasteiger partial charge in [-0.05, 0) is 81.8 Å². The molecule has 188 valence electrons. The zero-order valence-electron chi connectivity index (χ0n) is 20.3. The predicted molar refractivity (Wildman–Crippen MR) is 125 cm³/mol. The number of ketones is 1. The maximum Gasteiger partial charge on any atom is 0.250 e. The van der Waals surface area contributed by atoms with Crippen LogP contribution in [0.5, 0.6) is 5.75 Å². The van der Waals surface area contributed by atoms with Gasteiger partial charge in [-0.3, -0.25) is 9.59 Å². The fourth-order valence-electron chi connectivity index (χ4n) is 7.24. The van der Waals surface area contributed by atoms with Crippen molar-refractivity contribution >= 4 is 21.7 Å². The highest BCUT2D eigenvalue weighted by atomic mass is 32.2. The Morgan fingerprint density at radius 3 is 2.35 bits per heavy atom. The highest BCUT2D eigenvalue weighted by Crippen LogP contribution is 2.63. The summed E-state index contributed by atoms with van der Waals surface area (Å²) in [6, 6.07) is 3.84. The third kappa shape index (κ3) is 3.85. The largest absolute Gasteiger partial charge is 0.495 e. The lowest BCUT2D eigenvalue weighted by Gasteiger charge is -2.59. The van der Waals surface area contributed by atoms with Crippen LogP contribution in [0.4, 0.5) is 4.39 Å². The Hall–Kier alpha value is -2.00. The number of ether oxygens (including phenoxy) is 1. The number of halogens is 1. The van der Waals surface area contributed by atoms with Crippen LogP contribution in [0.3, 0.4) is 0 Å². The molecule has 1 aromatic rings. The molecule has 7 nitrogen and oxygen atoms in total. The van der Waals surface area contributed by atoms with Gasteiger partial charge in [0.1, 0.15) is 11.6 Å². The summed E-state index contributed by atoms with van der Waals surface area (Å²) in [4.78, 5) is 25.3.